The van der Waals surface area contributed by atoms with Gasteiger partial charge in [0.1, 0.15) is 11.5 Å². The molecule has 1 unspecified atom stereocenters. The lowest BCUT2D eigenvalue weighted by atomic mass is 9.88. The first kappa shape index (κ1) is 19.2. The van der Waals surface area contributed by atoms with E-state index >= 15 is 0 Å². The van der Waals surface area contributed by atoms with Crippen molar-refractivity contribution in [3.8, 4) is 17.4 Å². The summed E-state index contributed by atoms with van der Waals surface area (Å²) in [5.41, 5.74) is 0.844. The number of nitrogens with one attached hydrogen (secondary N) is 2. The molecule has 0 spiro atoms. The summed E-state index contributed by atoms with van der Waals surface area (Å²) in [4.78, 5) is 16.6. The van der Waals surface area contributed by atoms with Crippen LogP contribution in [0, 0.1) is 11.8 Å². The van der Waals surface area contributed by atoms with Gasteiger partial charge in [0, 0.05) is 24.2 Å². The Kier molecular flexibility index (Phi) is 6.65. The zero-order valence-electron chi connectivity index (χ0n) is 15.9. The number of pyridine rings is 1. The van der Waals surface area contributed by atoms with Crippen molar-refractivity contribution in [2.75, 3.05) is 19.7 Å². The predicted octanol–water partition coefficient (Wildman–Crippen LogP) is 3.13. The van der Waals surface area contributed by atoms with Crippen molar-refractivity contribution < 1.29 is 14.3 Å². The molecule has 1 amide bonds. The van der Waals surface area contributed by atoms with Gasteiger partial charge in [-0.3, -0.25) is 4.79 Å². The second-order valence-electron chi connectivity index (χ2n) is 6.81. The number of rotatable bonds is 9. The van der Waals surface area contributed by atoms with Crippen LogP contribution in [0.5, 0.6) is 17.4 Å². The third-order valence-corrected chi connectivity index (χ3v) is 4.75. The lowest BCUT2D eigenvalue weighted by Crippen LogP contribution is -2.49. The van der Waals surface area contributed by atoms with Crippen LogP contribution in [0.3, 0.4) is 0 Å². The Balaban J connectivity index is 1.59. The molecule has 0 radical (unpaired) electrons. The summed E-state index contributed by atoms with van der Waals surface area (Å²) in [6, 6.07) is 11.2. The topological polar surface area (TPSA) is 72.5 Å². The summed E-state index contributed by atoms with van der Waals surface area (Å²) in [6.45, 7) is 6.96. The minimum atomic E-state index is 0.00274. The van der Waals surface area contributed by atoms with Crippen molar-refractivity contribution >= 4 is 5.91 Å². The van der Waals surface area contributed by atoms with E-state index in [1.165, 1.54) is 0 Å². The first-order valence-corrected chi connectivity index (χ1v) is 9.50. The number of hydrogen-bond donors (Lipinski definition) is 2. The van der Waals surface area contributed by atoms with Gasteiger partial charge in [0.05, 0.1) is 6.61 Å². The minimum absolute atomic E-state index is 0.00274. The first-order valence-electron chi connectivity index (χ1n) is 9.50. The summed E-state index contributed by atoms with van der Waals surface area (Å²) in [5, 5.41) is 6.20. The summed E-state index contributed by atoms with van der Waals surface area (Å²) in [5.74, 6) is 2.48. The van der Waals surface area contributed by atoms with E-state index in [1.807, 2.05) is 43.3 Å². The van der Waals surface area contributed by atoms with E-state index in [-0.39, 0.29) is 11.8 Å². The van der Waals surface area contributed by atoms with Crippen molar-refractivity contribution in [3.63, 3.8) is 0 Å². The highest BCUT2D eigenvalue weighted by Crippen LogP contribution is 2.25. The van der Waals surface area contributed by atoms with Crippen LogP contribution in [0.2, 0.25) is 0 Å². The molecule has 0 saturated carbocycles. The van der Waals surface area contributed by atoms with Gasteiger partial charge in [-0.1, -0.05) is 19.9 Å². The van der Waals surface area contributed by atoms with Crippen LogP contribution in [-0.2, 0) is 11.3 Å². The number of ether oxygens (including phenoxy) is 2. The third kappa shape index (κ3) is 5.20. The van der Waals surface area contributed by atoms with E-state index in [0.717, 1.165) is 30.8 Å². The fourth-order valence-corrected chi connectivity index (χ4v) is 2.81. The molecule has 1 aromatic heterocycles. The zero-order chi connectivity index (χ0) is 19.1. The van der Waals surface area contributed by atoms with Gasteiger partial charge < -0.3 is 20.1 Å². The van der Waals surface area contributed by atoms with Crippen LogP contribution in [0.15, 0.2) is 42.6 Å². The maximum absolute atomic E-state index is 12.3. The normalized spacial score (nSPS) is 14.9. The maximum Gasteiger partial charge on any atom is 0.224 e. The Morgan fingerprint density at radius 2 is 2.00 bits per heavy atom. The first-order chi connectivity index (χ1) is 13.2. The Labute approximate surface area is 160 Å². The highest BCUT2D eigenvalue weighted by Gasteiger charge is 2.28. The molecule has 1 aliphatic heterocycles. The lowest BCUT2D eigenvalue weighted by molar-refractivity contribution is -0.126. The molecule has 2 heterocycles. The van der Waals surface area contributed by atoms with Crippen molar-refractivity contribution in [2.45, 2.75) is 26.8 Å². The minimum Gasteiger partial charge on any atom is -0.494 e. The summed E-state index contributed by atoms with van der Waals surface area (Å²) in [6.07, 6.45) is 2.65. The number of carbonyl (C=O) groups is 1. The molecule has 1 fully saturated rings. The van der Waals surface area contributed by atoms with Gasteiger partial charge in [-0.05, 0) is 55.8 Å². The molecule has 0 bridgehead atoms. The summed E-state index contributed by atoms with van der Waals surface area (Å²) in [7, 11) is 0. The molecule has 3 rings (SSSR count). The summed E-state index contributed by atoms with van der Waals surface area (Å²) >= 11 is 0. The van der Waals surface area contributed by atoms with Gasteiger partial charge in [0.15, 0.2) is 0 Å². The Morgan fingerprint density at radius 1 is 1.26 bits per heavy atom. The van der Waals surface area contributed by atoms with Gasteiger partial charge in [0.25, 0.3) is 0 Å². The molecule has 144 valence electrons. The van der Waals surface area contributed by atoms with Gasteiger partial charge in [0.2, 0.25) is 11.8 Å². The number of nitrogens with zero attached hydrogens (tertiary/aromatic N) is 1. The Hall–Kier alpha value is -2.60. The fraction of sp³-hybridized carbons (Fsp3) is 0.429. The van der Waals surface area contributed by atoms with Gasteiger partial charge in [-0.15, -0.1) is 0 Å². The molecule has 2 N–H and O–H groups in total. The molecule has 6 heteroatoms. The van der Waals surface area contributed by atoms with Crippen molar-refractivity contribution in [3.05, 3.63) is 48.2 Å². The average Bonchev–Trinajstić information content (AvgIpc) is 2.65. The molecule has 2 aromatic rings. The van der Waals surface area contributed by atoms with E-state index in [1.54, 1.807) is 6.20 Å². The van der Waals surface area contributed by atoms with Crippen molar-refractivity contribution in [2.24, 2.45) is 11.8 Å². The van der Waals surface area contributed by atoms with Crippen molar-refractivity contribution in [1.29, 1.82) is 0 Å². The number of carbonyl (C=O) groups excluding carboxylic acids is 1. The van der Waals surface area contributed by atoms with Gasteiger partial charge in [-0.25, -0.2) is 4.98 Å². The largest absolute Gasteiger partial charge is 0.494 e. The molecule has 6 nitrogen and oxygen atoms in total. The monoisotopic (exact) mass is 369 g/mol. The van der Waals surface area contributed by atoms with Crippen LogP contribution < -0.4 is 20.1 Å². The second-order valence-corrected chi connectivity index (χ2v) is 6.81. The van der Waals surface area contributed by atoms with Crippen LogP contribution in [0.4, 0.5) is 0 Å². The molecule has 1 atom stereocenters. The van der Waals surface area contributed by atoms with E-state index in [4.69, 9.17) is 9.47 Å². The molecule has 0 aliphatic carbocycles. The lowest BCUT2D eigenvalue weighted by Gasteiger charge is -2.31. The fourth-order valence-electron chi connectivity index (χ4n) is 2.81. The van der Waals surface area contributed by atoms with Gasteiger partial charge in [-0.2, -0.15) is 0 Å². The number of benzene rings is 1. The van der Waals surface area contributed by atoms with Crippen LogP contribution in [-0.4, -0.2) is 30.6 Å². The van der Waals surface area contributed by atoms with E-state index in [9.17, 15) is 4.79 Å². The quantitative estimate of drug-likeness (QED) is 0.710. The van der Waals surface area contributed by atoms with E-state index < -0.39 is 0 Å². The van der Waals surface area contributed by atoms with Gasteiger partial charge >= 0.3 is 0 Å². The third-order valence-electron chi connectivity index (χ3n) is 4.75. The number of hydrogen-bond acceptors (Lipinski definition) is 5. The zero-order valence-corrected chi connectivity index (χ0v) is 15.9. The molecule has 1 saturated heterocycles. The maximum atomic E-state index is 12.3. The van der Waals surface area contributed by atoms with Crippen LogP contribution >= 0.6 is 0 Å². The van der Waals surface area contributed by atoms with Crippen LogP contribution in [0.1, 0.15) is 25.8 Å². The Morgan fingerprint density at radius 3 is 2.67 bits per heavy atom. The number of amides is 1. The molecular weight excluding hydrogens is 342 g/mol. The second kappa shape index (κ2) is 9.37. The molecule has 27 heavy (non-hydrogen) atoms. The SMILES string of the molecule is CCCOc1ccc(Oc2ncccc2CNC(=O)C(C)C2CNC2)cc1. The highest BCUT2D eigenvalue weighted by atomic mass is 16.5. The molecular formula is C21H27N3O3. The Bertz CT molecular complexity index is 745. The van der Waals surface area contributed by atoms with E-state index in [2.05, 4.69) is 22.5 Å². The van der Waals surface area contributed by atoms with Crippen molar-refractivity contribution in [1.82, 2.24) is 15.6 Å². The van der Waals surface area contributed by atoms with E-state index in [0.29, 0.717) is 30.7 Å². The molecule has 1 aromatic carbocycles. The standard InChI is InChI=1S/C21H27N3O3/c1-3-11-26-18-6-8-19(9-7-18)27-21-16(5-4-10-23-21)14-24-20(25)15(2)17-12-22-13-17/h4-10,15,17,22H,3,11-14H2,1-2H3,(H,24,25). The average molecular weight is 369 g/mol. The predicted molar refractivity (Wildman–Crippen MR) is 104 cm³/mol. The number of aromatic nitrogens is 1. The highest BCUT2D eigenvalue weighted by molar-refractivity contribution is 5.78. The molecule has 1 aliphatic rings. The summed E-state index contributed by atoms with van der Waals surface area (Å²) < 4.78 is 11.5. The van der Waals surface area contributed by atoms with Crippen LogP contribution in [0.25, 0.3) is 0 Å². The smallest absolute Gasteiger partial charge is 0.224 e.